The van der Waals surface area contributed by atoms with Crippen LogP contribution in [0.1, 0.15) is 11.1 Å². The molecule has 0 aliphatic heterocycles. The Kier molecular flexibility index (Phi) is 3.58. The highest BCUT2D eigenvalue weighted by molar-refractivity contribution is 5.60. The van der Waals surface area contributed by atoms with E-state index in [2.05, 4.69) is 48.2 Å². The molecule has 1 N–H and O–H groups in total. The topological polar surface area (TPSA) is 49.0 Å². The van der Waals surface area contributed by atoms with Crippen LogP contribution in [0.5, 0.6) is 0 Å². The van der Waals surface area contributed by atoms with Crippen molar-refractivity contribution in [2.24, 2.45) is 0 Å². The van der Waals surface area contributed by atoms with Crippen LogP contribution in [0, 0.1) is 6.92 Å². The number of benzene rings is 1. The molecule has 0 bridgehead atoms. The molecule has 0 saturated heterocycles. The van der Waals surface area contributed by atoms with Gasteiger partial charge >= 0.3 is 0 Å². The van der Waals surface area contributed by atoms with E-state index in [-0.39, 0.29) is 5.56 Å². The number of nitrogens with one attached hydrogen (secondary N) is 1. The normalized spacial score (nSPS) is 10.9. The molecule has 0 aliphatic carbocycles. The lowest BCUT2D eigenvalue weighted by Gasteiger charge is -2.13. The summed E-state index contributed by atoms with van der Waals surface area (Å²) in [4.78, 5) is 13.1. The first-order valence-electron chi connectivity index (χ1n) is 5.86. The van der Waals surface area contributed by atoms with E-state index in [4.69, 9.17) is 0 Å². The van der Waals surface area contributed by atoms with Crippen molar-refractivity contribution in [3.05, 3.63) is 51.8 Å². The van der Waals surface area contributed by atoms with Gasteiger partial charge in [-0.05, 0) is 44.3 Å². The van der Waals surface area contributed by atoms with E-state index in [9.17, 15) is 4.79 Å². The Morgan fingerprint density at radius 2 is 2.00 bits per heavy atom. The average Bonchev–Trinajstić information content (AvgIpc) is 2.32. The average molecular weight is 243 g/mol. The minimum atomic E-state index is -0.181. The van der Waals surface area contributed by atoms with Crippen LogP contribution in [0.15, 0.2) is 35.1 Å². The summed E-state index contributed by atoms with van der Waals surface area (Å²) in [6.45, 7) is 3.01. The molecule has 94 valence electrons. The van der Waals surface area contributed by atoms with Crippen LogP contribution in [0.4, 0.5) is 0 Å². The summed E-state index contributed by atoms with van der Waals surface area (Å²) in [7, 11) is 4.10. The molecule has 1 heterocycles. The number of H-pyrrole nitrogens is 1. The van der Waals surface area contributed by atoms with E-state index in [1.165, 1.54) is 17.2 Å². The Bertz CT molecular complexity index is 582. The molecule has 0 spiro atoms. The third-order valence-corrected chi connectivity index (χ3v) is 2.80. The largest absolute Gasteiger partial charge is 0.305 e. The third-order valence-electron chi connectivity index (χ3n) is 2.80. The quantitative estimate of drug-likeness (QED) is 0.894. The second kappa shape index (κ2) is 5.14. The van der Waals surface area contributed by atoms with Crippen molar-refractivity contribution in [3.63, 3.8) is 0 Å². The molecule has 2 rings (SSSR count). The van der Waals surface area contributed by atoms with Crippen molar-refractivity contribution in [1.29, 1.82) is 0 Å². The van der Waals surface area contributed by atoms with Gasteiger partial charge in [0.15, 0.2) is 0 Å². The third kappa shape index (κ3) is 2.84. The Morgan fingerprint density at radius 1 is 1.22 bits per heavy atom. The van der Waals surface area contributed by atoms with Crippen molar-refractivity contribution in [2.45, 2.75) is 13.5 Å². The van der Waals surface area contributed by atoms with E-state index in [0.29, 0.717) is 0 Å². The van der Waals surface area contributed by atoms with E-state index < -0.39 is 0 Å². The maximum Gasteiger partial charge on any atom is 0.264 e. The van der Waals surface area contributed by atoms with Crippen molar-refractivity contribution in [1.82, 2.24) is 15.1 Å². The van der Waals surface area contributed by atoms with Gasteiger partial charge in [0, 0.05) is 18.2 Å². The molecule has 0 atom stereocenters. The van der Waals surface area contributed by atoms with Gasteiger partial charge in [0.05, 0.1) is 5.69 Å². The number of hydrogen-bond donors (Lipinski definition) is 1. The number of hydrogen-bond acceptors (Lipinski definition) is 3. The van der Waals surface area contributed by atoms with Gasteiger partial charge in [0.2, 0.25) is 0 Å². The summed E-state index contributed by atoms with van der Waals surface area (Å²) in [5.74, 6) is 0. The zero-order chi connectivity index (χ0) is 13.1. The SMILES string of the molecule is Cc1cc(-c2ccc(=O)[nH]n2)ccc1CN(C)C. The van der Waals surface area contributed by atoms with Gasteiger partial charge < -0.3 is 4.90 Å². The highest BCUT2D eigenvalue weighted by atomic mass is 16.1. The smallest absolute Gasteiger partial charge is 0.264 e. The van der Waals surface area contributed by atoms with Gasteiger partial charge in [-0.1, -0.05) is 12.1 Å². The Morgan fingerprint density at radius 3 is 2.56 bits per heavy atom. The van der Waals surface area contributed by atoms with Crippen LogP contribution in [0.2, 0.25) is 0 Å². The first-order chi connectivity index (χ1) is 8.56. The molecule has 0 aliphatic rings. The molecule has 0 amide bonds. The van der Waals surface area contributed by atoms with Crippen LogP contribution in [0.3, 0.4) is 0 Å². The van der Waals surface area contributed by atoms with Crippen molar-refractivity contribution < 1.29 is 0 Å². The summed E-state index contributed by atoms with van der Waals surface area (Å²) in [6, 6.07) is 9.47. The molecule has 4 nitrogen and oxygen atoms in total. The van der Waals surface area contributed by atoms with E-state index in [0.717, 1.165) is 17.8 Å². The van der Waals surface area contributed by atoms with Crippen molar-refractivity contribution >= 4 is 0 Å². The van der Waals surface area contributed by atoms with Gasteiger partial charge in [-0.15, -0.1) is 0 Å². The van der Waals surface area contributed by atoms with E-state index in [1.54, 1.807) is 6.07 Å². The number of aryl methyl sites for hydroxylation is 1. The maximum atomic E-state index is 11.0. The molecular formula is C14H17N3O. The van der Waals surface area contributed by atoms with E-state index >= 15 is 0 Å². The Labute approximate surface area is 106 Å². The molecule has 0 radical (unpaired) electrons. The maximum absolute atomic E-state index is 11.0. The van der Waals surface area contributed by atoms with E-state index in [1.807, 2.05) is 6.07 Å². The van der Waals surface area contributed by atoms with Crippen molar-refractivity contribution in [3.8, 4) is 11.3 Å². The first-order valence-corrected chi connectivity index (χ1v) is 5.86. The fraction of sp³-hybridized carbons (Fsp3) is 0.286. The summed E-state index contributed by atoms with van der Waals surface area (Å²) >= 11 is 0. The first kappa shape index (κ1) is 12.5. The van der Waals surface area contributed by atoms with Crippen LogP contribution in [-0.2, 0) is 6.54 Å². The molecule has 0 unspecified atom stereocenters. The lowest BCUT2D eigenvalue weighted by Crippen LogP contribution is -2.11. The lowest BCUT2D eigenvalue weighted by atomic mass is 10.0. The predicted octanol–water partition coefficient (Wildman–Crippen LogP) is 1.81. The molecule has 1 aromatic heterocycles. The predicted molar refractivity (Wildman–Crippen MR) is 72.4 cm³/mol. The number of aromatic nitrogens is 2. The molecule has 18 heavy (non-hydrogen) atoms. The highest BCUT2D eigenvalue weighted by Crippen LogP contribution is 2.20. The van der Waals surface area contributed by atoms with Crippen LogP contribution < -0.4 is 5.56 Å². The minimum Gasteiger partial charge on any atom is -0.305 e. The van der Waals surface area contributed by atoms with Gasteiger partial charge in [0.25, 0.3) is 5.56 Å². The van der Waals surface area contributed by atoms with Crippen LogP contribution in [-0.4, -0.2) is 29.2 Å². The zero-order valence-electron chi connectivity index (χ0n) is 10.9. The second-order valence-electron chi connectivity index (χ2n) is 4.69. The molecule has 1 aromatic carbocycles. The van der Waals surface area contributed by atoms with Gasteiger partial charge in [-0.25, -0.2) is 5.10 Å². The Balaban J connectivity index is 2.33. The Hall–Kier alpha value is -1.94. The fourth-order valence-electron chi connectivity index (χ4n) is 1.88. The fourth-order valence-corrected chi connectivity index (χ4v) is 1.88. The number of nitrogens with zero attached hydrogens (tertiary/aromatic N) is 2. The number of aromatic amines is 1. The van der Waals surface area contributed by atoms with Crippen molar-refractivity contribution in [2.75, 3.05) is 14.1 Å². The highest BCUT2D eigenvalue weighted by Gasteiger charge is 2.04. The summed E-state index contributed by atoms with van der Waals surface area (Å²) < 4.78 is 0. The standard InChI is InChI=1S/C14H17N3O/c1-10-8-11(4-5-12(10)9-17(2)3)13-6-7-14(18)16-15-13/h4-8H,9H2,1-3H3,(H,16,18). The van der Waals surface area contributed by atoms with Gasteiger partial charge in [0.1, 0.15) is 0 Å². The second-order valence-corrected chi connectivity index (χ2v) is 4.69. The molecule has 2 aromatic rings. The van der Waals surface area contributed by atoms with Crippen LogP contribution in [0.25, 0.3) is 11.3 Å². The van der Waals surface area contributed by atoms with Gasteiger partial charge in [-0.2, -0.15) is 5.10 Å². The van der Waals surface area contributed by atoms with Crippen LogP contribution >= 0.6 is 0 Å². The zero-order valence-corrected chi connectivity index (χ0v) is 10.9. The minimum absolute atomic E-state index is 0.181. The molecule has 0 fully saturated rings. The summed E-state index contributed by atoms with van der Waals surface area (Å²) in [6.07, 6.45) is 0. The molecule has 4 heteroatoms. The number of rotatable bonds is 3. The lowest BCUT2D eigenvalue weighted by molar-refractivity contribution is 0.401. The van der Waals surface area contributed by atoms with Gasteiger partial charge in [-0.3, -0.25) is 4.79 Å². The summed E-state index contributed by atoms with van der Waals surface area (Å²) in [5, 5.41) is 6.48. The summed E-state index contributed by atoms with van der Waals surface area (Å²) in [5.41, 5.74) is 4.16. The molecular weight excluding hydrogens is 226 g/mol. The molecule has 0 saturated carbocycles. The monoisotopic (exact) mass is 243 g/mol.